The van der Waals surface area contributed by atoms with E-state index in [1.807, 2.05) is 42.0 Å². The summed E-state index contributed by atoms with van der Waals surface area (Å²) in [6, 6.07) is 7.80. The van der Waals surface area contributed by atoms with E-state index >= 15 is 0 Å². The highest BCUT2D eigenvalue weighted by Crippen LogP contribution is 2.08. The molecular formula is C19H23N3O4. The molecule has 1 aromatic carbocycles. The Hall–Kier alpha value is -2.93. The maximum absolute atomic E-state index is 11.6. The quantitative estimate of drug-likeness (QED) is 0.420. The lowest BCUT2D eigenvalue weighted by atomic mass is 10.1. The van der Waals surface area contributed by atoms with E-state index in [4.69, 9.17) is 9.47 Å². The summed E-state index contributed by atoms with van der Waals surface area (Å²) in [5.74, 6) is -0.987. The highest BCUT2D eigenvalue weighted by Gasteiger charge is 2.08. The van der Waals surface area contributed by atoms with Crippen molar-refractivity contribution in [3.05, 3.63) is 60.2 Å². The van der Waals surface area contributed by atoms with Crippen LogP contribution in [0.2, 0.25) is 0 Å². The van der Waals surface area contributed by atoms with Crippen LogP contribution in [0.4, 0.5) is 0 Å². The van der Waals surface area contributed by atoms with Gasteiger partial charge in [0.15, 0.2) is 0 Å². The molecule has 26 heavy (non-hydrogen) atoms. The molecule has 0 aliphatic rings. The molecule has 0 fully saturated rings. The number of carbonyl (C=O) groups excluding carboxylic acids is 2. The summed E-state index contributed by atoms with van der Waals surface area (Å²) >= 11 is 0. The van der Waals surface area contributed by atoms with Gasteiger partial charge < -0.3 is 19.4 Å². The molecule has 1 N–H and O–H groups in total. The van der Waals surface area contributed by atoms with Gasteiger partial charge in [-0.25, -0.2) is 9.78 Å². The number of imidazole rings is 1. The largest absolute Gasteiger partial charge is 0.428 e. The lowest BCUT2D eigenvalue weighted by Gasteiger charge is -2.09. The first-order chi connectivity index (χ1) is 12.6. The molecule has 0 spiro atoms. The molecule has 1 heterocycles. The summed E-state index contributed by atoms with van der Waals surface area (Å²) in [6.07, 6.45) is 8.56. The zero-order valence-corrected chi connectivity index (χ0v) is 14.9. The number of ether oxygens (including phenoxy) is 2. The molecule has 138 valence electrons. The predicted octanol–water partition coefficient (Wildman–Crippen LogP) is 1.99. The molecule has 0 saturated carbocycles. The van der Waals surface area contributed by atoms with Crippen LogP contribution in [0.3, 0.4) is 0 Å². The molecule has 0 radical (unpaired) electrons. The van der Waals surface area contributed by atoms with Crippen LogP contribution in [-0.4, -0.2) is 41.4 Å². The van der Waals surface area contributed by atoms with E-state index in [-0.39, 0.29) is 19.3 Å². The van der Waals surface area contributed by atoms with Gasteiger partial charge in [0.2, 0.25) is 6.79 Å². The molecule has 2 rings (SSSR count). The van der Waals surface area contributed by atoms with Gasteiger partial charge in [0.25, 0.3) is 0 Å². The Labute approximate surface area is 152 Å². The van der Waals surface area contributed by atoms with Gasteiger partial charge in [-0.2, -0.15) is 0 Å². The van der Waals surface area contributed by atoms with Gasteiger partial charge in [0.1, 0.15) is 0 Å². The Balaban J connectivity index is 1.72. The summed E-state index contributed by atoms with van der Waals surface area (Å²) in [7, 11) is 1.76. The van der Waals surface area contributed by atoms with Crippen molar-refractivity contribution in [3.8, 4) is 0 Å². The van der Waals surface area contributed by atoms with Crippen LogP contribution in [0.15, 0.2) is 49.1 Å². The third-order valence-corrected chi connectivity index (χ3v) is 3.70. The number of aromatic nitrogens is 2. The number of rotatable bonds is 9. The lowest BCUT2D eigenvalue weighted by molar-refractivity contribution is -0.164. The monoisotopic (exact) mass is 357 g/mol. The Morgan fingerprint density at radius 2 is 2.04 bits per heavy atom. The van der Waals surface area contributed by atoms with Crippen LogP contribution in [0.5, 0.6) is 0 Å². The highest BCUT2D eigenvalue weighted by molar-refractivity contribution is 5.87. The summed E-state index contributed by atoms with van der Waals surface area (Å²) in [4.78, 5) is 27.1. The van der Waals surface area contributed by atoms with Crippen molar-refractivity contribution >= 4 is 18.0 Å². The number of nitrogens with zero attached hydrogens (tertiary/aromatic N) is 2. The fourth-order valence-electron chi connectivity index (χ4n) is 2.10. The molecule has 0 amide bonds. The van der Waals surface area contributed by atoms with E-state index in [1.54, 1.807) is 25.6 Å². The third-order valence-electron chi connectivity index (χ3n) is 3.70. The minimum absolute atomic E-state index is 0.00912. The summed E-state index contributed by atoms with van der Waals surface area (Å²) in [5.41, 5.74) is 2.00. The number of nitrogens with one attached hydrogen (secondary N) is 1. The molecule has 0 aliphatic carbocycles. The van der Waals surface area contributed by atoms with Crippen LogP contribution in [0, 0.1) is 0 Å². The molecule has 2 aromatic rings. The molecule has 0 bridgehead atoms. The smallest absolute Gasteiger partial charge is 0.333 e. The van der Waals surface area contributed by atoms with Crippen molar-refractivity contribution in [1.82, 2.24) is 14.9 Å². The first-order valence-electron chi connectivity index (χ1n) is 8.29. The maximum atomic E-state index is 11.6. The number of carbonyl (C=O) groups is 2. The molecule has 0 aliphatic heterocycles. The standard InChI is InChI=1S/C19H23N3O4/c1-15(20-2)11-19(24)26-14-25-18(23)8-7-16-3-5-17(6-4-16)12-22-10-9-21-13-22/h3-10,13,15,20H,11-12,14H2,1-2H3/b8-7+. The van der Waals surface area contributed by atoms with E-state index in [1.165, 1.54) is 6.08 Å². The maximum Gasteiger partial charge on any atom is 0.333 e. The Morgan fingerprint density at radius 3 is 2.69 bits per heavy atom. The predicted molar refractivity (Wildman–Crippen MR) is 97.0 cm³/mol. The Kier molecular flexibility index (Phi) is 7.57. The van der Waals surface area contributed by atoms with Gasteiger partial charge in [-0.3, -0.25) is 4.79 Å². The molecule has 1 aromatic heterocycles. The SMILES string of the molecule is CNC(C)CC(=O)OCOC(=O)/C=C/c1ccc(Cn2ccnc2)cc1. The molecule has 1 unspecified atom stereocenters. The minimum Gasteiger partial charge on any atom is -0.428 e. The van der Waals surface area contributed by atoms with Gasteiger partial charge in [-0.05, 0) is 31.2 Å². The van der Waals surface area contributed by atoms with Crippen molar-refractivity contribution < 1.29 is 19.1 Å². The van der Waals surface area contributed by atoms with Crippen molar-refractivity contribution in [2.45, 2.75) is 25.9 Å². The Morgan fingerprint density at radius 1 is 1.27 bits per heavy atom. The van der Waals surface area contributed by atoms with Gasteiger partial charge >= 0.3 is 11.9 Å². The Bertz CT molecular complexity index is 724. The van der Waals surface area contributed by atoms with Crippen molar-refractivity contribution in [2.75, 3.05) is 13.8 Å². The third kappa shape index (κ3) is 6.90. The van der Waals surface area contributed by atoms with Gasteiger partial charge in [0.05, 0.1) is 12.7 Å². The zero-order chi connectivity index (χ0) is 18.8. The summed E-state index contributed by atoms with van der Waals surface area (Å²) in [5, 5.41) is 2.93. The molecule has 0 saturated heterocycles. The second kappa shape index (κ2) is 10.1. The zero-order valence-electron chi connectivity index (χ0n) is 14.9. The van der Waals surface area contributed by atoms with E-state index < -0.39 is 11.9 Å². The number of hydrogen-bond acceptors (Lipinski definition) is 6. The average molecular weight is 357 g/mol. The second-order valence-electron chi connectivity index (χ2n) is 5.80. The van der Waals surface area contributed by atoms with Crippen LogP contribution in [0.25, 0.3) is 6.08 Å². The van der Waals surface area contributed by atoms with Crippen molar-refractivity contribution in [2.24, 2.45) is 0 Å². The van der Waals surface area contributed by atoms with Crippen LogP contribution < -0.4 is 5.32 Å². The fourth-order valence-corrected chi connectivity index (χ4v) is 2.10. The first-order valence-corrected chi connectivity index (χ1v) is 8.29. The first kappa shape index (κ1) is 19.4. The van der Waals surface area contributed by atoms with Crippen LogP contribution in [-0.2, 0) is 25.6 Å². The molecule has 7 heteroatoms. The van der Waals surface area contributed by atoms with E-state index in [2.05, 4.69) is 10.3 Å². The van der Waals surface area contributed by atoms with Gasteiger partial charge in [0, 0.05) is 31.1 Å². The van der Waals surface area contributed by atoms with E-state index in [0.29, 0.717) is 0 Å². The number of benzene rings is 1. The van der Waals surface area contributed by atoms with E-state index in [0.717, 1.165) is 17.7 Å². The minimum atomic E-state index is -0.568. The van der Waals surface area contributed by atoms with Gasteiger partial charge in [-0.15, -0.1) is 0 Å². The highest BCUT2D eigenvalue weighted by atomic mass is 16.7. The molecule has 1 atom stereocenters. The van der Waals surface area contributed by atoms with Crippen molar-refractivity contribution in [3.63, 3.8) is 0 Å². The fraction of sp³-hybridized carbons (Fsp3) is 0.316. The lowest BCUT2D eigenvalue weighted by Crippen LogP contribution is -2.26. The van der Waals surface area contributed by atoms with Crippen LogP contribution in [0.1, 0.15) is 24.5 Å². The second-order valence-corrected chi connectivity index (χ2v) is 5.80. The molecule has 7 nitrogen and oxygen atoms in total. The summed E-state index contributed by atoms with van der Waals surface area (Å²) < 4.78 is 11.7. The number of esters is 2. The topological polar surface area (TPSA) is 82.5 Å². The van der Waals surface area contributed by atoms with Crippen molar-refractivity contribution in [1.29, 1.82) is 0 Å². The van der Waals surface area contributed by atoms with E-state index in [9.17, 15) is 9.59 Å². The average Bonchev–Trinajstić information content (AvgIpc) is 3.14. The normalized spacial score (nSPS) is 12.1. The number of hydrogen-bond donors (Lipinski definition) is 1. The van der Waals surface area contributed by atoms with Gasteiger partial charge in [-0.1, -0.05) is 24.3 Å². The van der Waals surface area contributed by atoms with Crippen LogP contribution >= 0.6 is 0 Å². The summed E-state index contributed by atoms with van der Waals surface area (Å²) in [6.45, 7) is 2.21. The molecular weight excluding hydrogens is 334 g/mol.